The lowest BCUT2D eigenvalue weighted by Crippen LogP contribution is -2.51. The molecule has 8 nitrogen and oxygen atoms in total. The molecule has 9 heteroatoms. The first-order valence-corrected chi connectivity index (χ1v) is 10.7. The van der Waals surface area contributed by atoms with Gasteiger partial charge in [-0.15, -0.1) is 0 Å². The van der Waals surface area contributed by atoms with Crippen LogP contribution in [-0.2, 0) is 9.59 Å². The van der Waals surface area contributed by atoms with E-state index in [1.807, 2.05) is 42.2 Å². The molecule has 1 unspecified atom stereocenters. The van der Waals surface area contributed by atoms with E-state index in [0.717, 1.165) is 16.0 Å². The second kappa shape index (κ2) is 8.59. The van der Waals surface area contributed by atoms with Crippen LogP contribution in [0, 0.1) is 12.8 Å². The highest BCUT2D eigenvalue weighted by Crippen LogP contribution is 2.29. The summed E-state index contributed by atoms with van der Waals surface area (Å²) in [6, 6.07) is 9.43. The zero-order valence-corrected chi connectivity index (χ0v) is 18.6. The van der Waals surface area contributed by atoms with Crippen molar-refractivity contribution < 1.29 is 14.3 Å². The van der Waals surface area contributed by atoms with Gasteiger partial charge < -0.3 is 19.4 Å². The van der Waals surface area contributed by atoms with E-state index in [1.165, 1.54) is 0 Å². The summed E-state index contributed by atoms with van der Waals surface area (Å²) in [5.41, 5.74) is 0.822. The number of anilines is 2. The number of amides is 2. The summed E-state index contributed by atoms with van der Waals surface area (Å²) >= 11 is 3.44. The van der Waals surface area contributed by atoms with Crippen LogP contribution >= 0.6 is 15.9 Å². The topological polar surface area (TPSA) is 78.9 Å². The number of hydrogen-bond donors (Lipinski definition) is 0. The Kier molecular flexibility index (Phi) is 5.90. The van der Waals surface area contributed by atoms with Gasteiger partial charge in [-0.1, -0.05) is 22.0 Å². The van der Waals surface area contributed by atoms with Crippen molar-refractivity contribution in [3.63, 3.8) is 0 Å². The van der Waals surface area contributed by atoms with E-state index in [1.54, 1.807) is 12.0 Å². The fourth-order valence-corrected chi connectivity index (χ4v) is 4.36. The molecule has 0 N–H and O–H groups in total. The monoisotopic (exact) mass is 473 g/mol. The van der Waals surface area contributed by atoms with E-state index >= 15 is 0 Å². The molecule has 0 spiro atoms. The molecule has 1 aromatic heterocycles. The van der Waals surface area contributed by atoms with Gasteiger partial charge >= 0.3 is 0 Å². The van der Waals surface area contributed by atoms with Crippen LogP contribution in [0.4, 0.5) is 11.5 Å². The molecule has 2 aliphatic heterocycles. The first-order valence-electron chi connectivity index (χ1n) is 9.94. The third-order valence-electron chi connectivity index (χ3n) is 5.52. The van der Waals surface area contributed by atoms with Crippen molar-refractivity contribution in [2.75, 3.05) is 49.6 Å². The molecule has 158 valence electrons. The number of piperazine rings is 1. The normalized spacial score (nSPS) is 19.4. The van der Waals surface area contributed by atoms with Crippen molar-refractivity contribution >= 4 is 39.2 Å². The summed E-state index contributed by atoms with van der Waals surface area (Å²) in [6.07, 6.45) is 0.258. The van der Waals surface area contributed by atoms with Gasteiger partial charge in [0.25, 0.3) is 0 Å². The predicted octanol–water partition coefficient (Wildman–Crippen LogP) is 2.26. The summed E-state index contributed by atoms with van der Waals surface area (Å²) in [5, 5.41) is 0. The number of hydrogen-bond acceptors (Lipinski definition) is 6. The highest BCUT2D eigenvalue weighted by molar-refractivity contribution is 9.10. The molecule has 3 heterocycles. The third-order valence-corrected chi connectivity index (χ3v) is 6.01. The lowest BCUT2D eigenvalue weighted by atomic mass is 10.1. The summed E-state index contributed by atoms with van der Waals surface area (Å²) in [4.78, 5) is 40.0. The zero-order chi connectivity index (χ0) is 21.3. The lowest BCUT2D eigenvalue weighted by Gasteiger charge is -2.36. The molecule has 2 aromatic rings. The average Bonchev–Trinajstić information content (AvgIpc) is 3.14. The van der Waals surface area contributed by atoms with Crippen LogP contribution in [0.2, 0.25) is 0 Å². The number of rotatable bonds is 4. The number of aryl methyl sites for hydroxylation is 1. The third kappa shape index (κ3) is 4.26. The molecule has 2 aliphatic rings. The number of methoxy groups -OCH3 is 1. The fraction of sp³-hybridized carbons (Fsp3) is 0.429. The van der Waals surface area contributed by atoms with E-state index in [0.29, 0.717) is 44.4 Å². The highest BCUT2D eigenvalue weighted by atomic mass is 79.9. The number of carbonyl (C=O) groups is 2. The first-order chi connectivity index (χ1) is 14.4. The minimum atomic E-state index is -0.301. The summed E-state index contributed by atoms with van der Waals surface area (Å²) < 4.78 is 6.15. The molecule has 2 amide bonds. The zero-order valence-electron chi connectivity index (χ0n) is 17.0. The number of ether oxygens (including phenoxy) is 1. The predicted molar refractivity (Wildman–Crippen MR) is 117 cm³/mol. The molecule has 0 aliphatic carbocycles. The van der Waals surface area contributed by atoms with Crippen molar-refractivity contribution in [1.29, 1.82) is 0 Å². The second-order valence-electron chi connectivity index (χ2n) is 7.51. The maximum absolute atomic E-state index is 13.1. The Morgan fingerprint density at radius 3 is 2.63 bits per heavy atom. The van der Waals surface area contributed by atoms with E-state index in [-0.39, 0.29) is 24.2 Å². The minimum Gasteiger partial charge on any atom is -0.481 e. The SMILES string of the molecule is COc1cc(N2CCN(C(=O)C3CC(=O)N(c4cccc(Br)c4)C3)CC2)nc(C)n1. The summed E-state index contributed by atoms with van der Waals surface area (Å²) in [7, 11) is 1.59. The number of halogens is 1. The van der Waals surface area contributed by atoms with E-state index in [9.17, 15) is 9.59 Å². The molecule has 1 aromatic carbocycles. The maximum Gasteiger partial charge on any atom is 0.228 e. The maximum atomic E-state index is 13.1. The molecule has 0 saturated carbocycles. The number of carbonyl (C=O) groups excluding carboxylic acids is 2. The molecular formula is C21H24BrN5O3. The van der Waals surface area contributed by atoms with E-state index in [2.05, 4.69) is 30.8 Å². The molecule has 0 radical (unpaired) electrons. The standard InChI is InChI=1S/C21H24BrN5O3/c1-14-23-18(12-19(24-14)30-2)25-6-8-26(9-7-25)21(29)15-10-20(28)27(13-15)17-5-3-4-16(22)11-17/h3-5,11-12,15H,6-10,13H2,1-2H3. The summed E-state index contributed by atoms with van der Waals surface area (Å²) in [6.45, 7) is 4.83. The van der Waals surface area contributed by atoms with Crippen LogP contribution in [0.1, 0.15) is 12.2 Å². The number of aromatic nitrogens is 2. The van der Waals surface area contributed by atoms with Gasteiger partial charge in [0.05, 0.1) is 13.0 Å². The molecule has 2 saturated heterocycles. The van der Waals surface area contributed by atoms with Crippen LogP contribution in [0.3, 0.4) is 0 Å². The fourth-order valence-electron chi connectivity index (χ4n) is 3.97. The van der Waals surface area contributed by atoms with Crippen molar-refractivity contribution in [3.8, 4) is 5.88 Å². The Bertz CT molecular complexity index is 961. The Hall–Kier alpha value is -2.68. The van der Waals surface area contributed by atoms with Gasteiger partial charge in [-0.2, -0.15) is 4.98 Å². The molecule has 0 bridgehead atoms. The van der Waals surface area contributed by atoms with Crippen molar-refractivity contribution in [2.24, 2.45) is 5.92 Å². The second-order valence-corrected chi connectivity index (χ2v) is 8.43. The van der Waals surface area contributed by atoms with Crippen LogP contribution in [0.5, 0.6) is 5.88 Å². The van der Waals surface area contributed by atoms with Gasteiger partial charge in [-0.25, -0.2) is 4.98 Å². The quantitative estimate of drug-likeness (QED) is 0.677. The Balaban J connectivity index is 1.38. The van der Waals surface area contributed by atoms with Crippen LogP contribution in [0.25, 0.3) is 0 Å². The Labute approximate surface area is 184 Å². The Morgan fingerprint density at radius 1 is 1.17 bits per heavy atom. The largest absolute Gasteiger partial charge is 0.481 e. The van der Waals surface area contributed by atoms with Gasteiger partial charge in [-0.3, -0.25) is 9.59 Å². The van der Waals surface area contributed by atoms with Crippen LogP contribution in [-0.4, -0.2) is 66.5 Å². The molecular weight excluding hydrogens is 450 g/mol. The lowest BCUT2D eigenvalue weighted by molar-refractivity contribution is -0.136. The van der Waals surface area contributed by atoms with E-state index < -0.39 is 0 Å². The smallest absolute Gasteiger partial charge is 0.228 e. The molecule has 2 fully saturated rings. The van der Waals surface area contributed by atoms with E-state index in [4.69, 9.17) is 4.74 Å². The average molecular weight is 474 g/mol. The van der Waals surface area contributed by atoms with Crippen molar-refractivity contribution in [3.05, 3.63) is 40.6 Å². The molecule has 4 rings (SSSR count). The molecule has 1 atom stereocenters. The van der Waals surface area contributed by atoms with Crippen LogP contribution in [0.15, 0.2) is 34.8 Å². The number of nitrogens with zero attached hydrogens (tertiary/aromatic N) is 5. The van der Waals surface area contributed by atoms with Gasteiger partial charge in [0.2, 0.25) is 17.7 Å². The van der Waals surface area contributed by atoms with Gasteiger partial charge in [0, 0.05) is 55.4 Å². The van der Waals surface area contributed by atoms with Gasteiger partial charge in [-0.05, 0) is 25.1 Å². The van der Waals surface area contributed by atoms with Crippen LogP contribution < -0.4 is 14.5 Å². The number of benzene rings is 1. The molecule has 30 heavy (non-hydrogen) atoms. The van der Waals surface area contributed by atoms with Gasteiger partial charge in [0.1, 0.15) is 11.6 Å². The highest BCUT2D eigenvalue weighted by Gasteiger charge is 2.38. The Morgan fingerprint density at radius 2 is 1.93 bits per heavy atom. The van der Waals surface area contributed by atoms with Crippen molar-refractivity contribution in [2.45, 2.75) is 13.3 Å². The van der Waals surface area contributed by atoms with Gasteiger partial charge in [0.15, 0.2) is 0 Å². The minimum absolute atomic E-state index is 0.00589. The summed E-state index contributed by atoms with van der Waals surface area (Å²) in [5.74, 6) is 1.74. The van der Waals surface area contributed by atoms with Crippen molar-refractivity contribution in [1.82, 2.24) is 14.9 Å². The first kappa shape index (κ1) is 20.6.